The Morgan fingerprint density at radius 2 is 2.42 bits per heavy atom. The number of halogens is 1. The van der Waals surface area contributed by atoms with Gasteiger partial charge in [-0.15, -0.1) is 11.3 Å². The molecule has 0 bridgehead atoms. The van der Waals surface area contributed by atoms with Crippen molar-refractivity contribution in [2.45, 2.75) is 51.1 Å². The van der Waals surface area contributed by atoms with E-state index in [9.17, 15) is 4.79 Å². The molecule has 0 aromatic carbocycles. The molecule has 1 saturated heterocycles. The van der Waals surface area contributed by atoms with Gasteiger partial charge in [-0.05, 0) is 54.6 Å². The van der Waals surface area contributed by atoms with Crippen molar-refractivity contribution in [3.8, 4) is 0 Å². The van der Waals surface area contributed by atoms with Crippen LogP contribution < -0.4 is 5.73 Å². The summed E-state index contributed by atoms with van der Waals surface area (Å²) in [6.45, 7) is 2.88. The van der Waals surface area contributed by atoms with Gasteiger partial charge in [-0.25, -0.2) is 0 Å². The molecule has 1 aromatic rings. The number of rotatable bonds is 4. The smallest absolute Gasteiger partial charge is 0.223 e. The first-order valence-corrected chi connectivity index (χ1v) is 8.53. The summed E-state index contributed by atoms with van der Waals surface area (Å²) >= 11 is 5.15. The van der Waals surface area contributed by atoms with E-state index in [-0.39, 0.29) is 18.0 Å². The summed E-state index contributed by atoms with van der Waals surface area (Å²) in [5.41, 5.74) is 6.01. The van der Waals surface area contributed by atoms with Gasteiger partial charge in [0.1, 0.15) is 0 Å². The van der Waals surface area contributed by atoms with E-state index in [0.717, 1.165) is 30.3 Å². The second-order valence-electron chi connectivity index (χ2n) is 5.24. The van der Waals surface area contributed by atoms with Gasteiger partial charge in [-0.2, -0.15) is 0 Å². The number of piperidine rings is 1. The third-order valence-corrected chi connectivity index (χ3v) is 5.44. The highest BCUT2D eigenvalue weighted by Gasteiger charge is 2.28. The number of nitrogens with two attached hydrogens (primary N) is 1. The molecule has 0 aliphatic carbocycles. The number of hydrogen-bond donors (Lipinski definition) is 1. The van der Waals surface area contributed by atoms with Crippen LogP contribution in [0.15, 0.2) is 15.9 Å². The first-order valence-electron chi connectivity index (χ1n) is 6.86. The average molecular weight is 345 g/mol. The number of aryl methyl sites for hydroxylation is 1. The molecule has 1 aliphatic rings. The van der Waals surface area contributed by atoms with Crippen LogP contribution in [0.5, 0.6) is 0 Å². The number of carbonyl (C=O) groups excluding carboxylic acids is 1. The zero-order valence-corrected chi connectivity index (χ0v) is 13.7. The Morgan fingerprint density at radius 3 is 3.05 bits per heavy atom. The molecule has 0 saturated carbocycles. The number of thiophene rings is 1. The van der Waals surface area contributed by atoms with Gasteiger partial charge in [-0.3, -0.25) is 4.79 Å². The number of carbonyl (C=O) groups is 1. The molecule has 1 amide bonds. The molecule has 1 aromatic heterocycles. The molecule has 1 aliphatic heterocycles. The minimum Gasteiger partial charge on any atom is -0.338 e. The standard InChI is InChI=1S/C14H21BrN2OS/c1-10(16)13-4-2-3-7-17(13)14(18)6-5-12-8-11(15)9-19-12/h8-10,13H,2-7,16H2,1H3. The summed E-state index contributed by atoms with van der Waals surface area (Å²) in [7, 11) is 0. The van der Waals surface area contributed by atoms with E-state index in [4.69, 9.17) is 5.73 Å². The Hall–Kier alpha value is -0.390. The van der Waals surface area contributed by atoms with Crippen molar-refractivity contribution < 1.29 is 4.79 Å². The quantitative estimate of drug-likeness (QED) is 0.911. The molecule has 0 radical (unpaired) electrons. The minimum absolute atomic E-state index is 0.0696. The van der Waals surface area contributed by atoms with Gasteiger partial charge in [0.25, 0.3) is 0 Å². The molecule has 2 heterocycles. The van der Waals surface area contributed by atoms with Crippen LogP contribution in [-0.4, -0.2) is 29.4 Å². The zero-order valence-electron chi connectivity index (χ0n) is 11.3. The van der Waals surface area contributed by atoms with E-state index in [1.807, 2.05) is 11.8 Å². The lowest BCUT2D eigenvalue weighted by atomic mass is 9.96. The van der Waals surface area contributed by atoms with Crippen molar-refractivity contribution in [2.75, 3.05) is 6.54 Å². The van der Waals surface area contributed by atoms with Gasteiger partial charge in [0.15, 0.2) is 0 Å². The molecular formula is C14H21BrN2OS. The fourth-order valence-electron chi connectivity index (χ4n) is 2.67. The molecule has 2 unspecified atom stereocenters. The lowest BCUT2D eigenvalue weighted by Crippen LogP contribution is -2.51. The maximum Gasteiger partial charge on any atom is 0.223 e. The molecule has 19 heavy (non-hydrogen) atoms. The molecular weight excluding hydrogens is 324 g/mol. The lowest BCUT2D eigenvalue weighted by molar-refractivity contribution is -0.135. The SMILES string of the molecule is CC(N)C1CCCCN1C(=O)CCc1cc(Br)cs1. The van der Waals surface area contributed by atoms with Crippen LogP contribution in [0.4, 0.5) is 0 Å². The second kappa shape index (κ2) is 6.86. The van der Waals surface area contributed by atoms with Gasteiger partial charge in [0.2, 0.25) is 5.91 Å². The van der Waals surface area contributed by atoms with Crippen molar-refractivity contribution in [3.05, 3.63) is 20.8 Å². The maximum atomic E-state index is 12.4. The van der Waals surface area contributed by atoms with E-state index in [2.05, 4.69) is 27.4 Å². The molecule has 5 heteroatoms. The lowest BCUT2D eigenvalue weighted by Gasteiger charge is -2.38. The summed E-state index contributed by atoms with van der Waals surface area (Å²) < 4.78 is 1.10. The van der Waals surface area contributed by atoms with Crippen molar-refractivity contribution in [1.82, 2.24) is 4.90 Å². The van der Waals surface area contributed by atoms with Crippen molar-refractivity contribution >= 4 is 33.2 Å². The number of nitrogens with zero attached hydrogens (tertiary/aromatic N) is 1. The van der Waals surface area contributed by atoms with Gasteiger partial charge >= 0.3 is 0 Å². The molecule has 3 nitrogen and oxygen atoms in total. The van der Waals surface area contributed by atoms with Crippen LogP contribution in [-0.2, 0) is 11.2 Å². The molecule has 0 spiro atoms. The van der Waals surface area contributed by atoms with Crippen LogP contribution in [0.25, 0.3) is 0 Å². The second-order valence-corrected chi connectivity index (χ2v) is 7.15. The topological polar surface area (TPSA) is 46.3 Å². The van der Waals surface area contributed by atoms with Crippen molar-refractivity contribution in [2.24, 2.45) is 5.73 Å². The first-order chi connectivity index (χ1) is 9.08. The molecule has 2 rings (SSSR count). The Kier molecular flexibility index (Phi) is 5.42. The van der Waals surface area contributed by atoms with Gasteiger partial charge in [0.05, 0.1) is 0 Å². The summed E-state index contributed by atoms with van der Waals surface area (Å²) in [5.74, 6) is 0.256. The monoisotopic (exact) mass is 344 g/mol. The number of hydrogen-bond acceptors (Lipinski definition) is 3. The molecule has 2 N–H and O–H groups in total. The highest BCUT2D eigenvalue weighted by atomic mass is 79.9. The normalized spacial score (nSPS) is 21.4. The van der Waals surface area contributed by atoms with Gasteiger partial charge < -0.3 is 10.6 Å². The van der Waals surface area contributed by atoms with Gasteiger partial charge in [-0.1, -0.05) is 0 Å². The molecule has 2 atom stereocenters. The predicted octanol–water partition coefficient (Wildman–Crippen LogP) is 3.17. The molecule has 106 valence electrons. The highest BCUT2D eigenvalue weighted by molar-refractivity contribution is 9.10. The average Bonchev–Trinajstić information content (AvgIpc) is 2.81. The maximum absolute atomic E-state index is 12.4. The Balaban J connectivity index is 1.90. The third-order valence-electron chi connectivity index (χ3n) is 3.68. The van der Waals surface area contributed by atoms with Crippen molar-refractivity contribution in [3.63, 3.8) is 0 Å². The summed E-state index contributed by atoms with van der Waals surface area (Å²) in [6, 6.07) is 2.40. The Bertz CT molecular complexity index is 433. The van der Waals surface area contributed by atoms with E-state index in [0.29, 0.717) is 6.42 Å². The fourth-order valence-corrected chi connectivity index (χ4v) is 4.13. The third kappa shape index (κ3) is 4.04. The van der Waals surface area contributed by atoms with Crippen LogP contribution in [0.1, 0.15) is 37.5 Å². The Morgan fingerprint density at radius 1 is 1.63 bits per heavy atom. The Labute approximate surface area is 127 Å². The van der Waals surface area contributed by atoms with Crippen LogP contribution in [0, 0.1) is 0 Å². The van der Waals surface area contributed by atoms with E-state index in [1.165, 1.54) is 11.3 Å². The predicted molar refractivity (Wildman–Crippen MR) is 83.3 cm³/mol. The number of likely N-dealkylation sites (tertiary alicyclic amines) is 1. The highest BCUT2D eigenvalue weighted by Crippen LogP contribution is 2.23. The largest absolute Gasteiger partial charge is 0.338 e. The van der Waals surface area contributed by atoms with Crippen LogP contribution >= 0.6 is 27.3 Å². The summed E-state index contributed by atoms with van der Waals surface area (Å²) in [4.78, 5) is 15.6. The van der Waals surface area contributed by atoms with Crippen LogP contribution in [0.2, 0.25) is 0 Å². The zero-order chi connectivity index (χ0) is 13.8. The van der Waals surface area contributed by atoms with Crippen molar-refractivity contribution in [1.29, 1.82) is 0 Å². The fraction of sp³-hybridized carbons (Fsp3) is 0.643. The summed E-state index contributed by atoms with van der Waals surface area (Å²) in [6.07, 6.45) is 4.77. The first kappa shape index (κ1) is 15.0. The van der Waals surface area contributed by atoms with E-state index >= 15 is 0 Å². The number of amides is 1. The van der Waals surface area contributed by atoms with E-state index in [1.54, 1.807) is 11.3 Å². The summed E-state index contributed by atoms with van der Waals surface area (Å²) in [5, 5.41) is 2.06. The minimum atomic E-state index is 0.0696. The van der Waals surface area contributed by atoms with Gasteiger partial charge in [0, 0.05) is 39.8 Å². The van der Waals surface area contributed by atoms with E-state index < -0.39 is 0 Å². The molecule has 1 fully saturated rings. The van der Waals surface area contributed by atoms with Crippen LogP contribution in [0.3, 0.4) is 0 Å².